The number of rotatable bonds is 4. The number of nitrogens with one attached hydrogen (secondary N) is 1. The molecule has 1 amide bonds. The van der Waals surface area contributed by atoms with Gasteiger partial charge in [-0.2, -0.15) is 0 Å². The van der Waals surface area contributed by atoms with Crippen LogP contribution >= 0.6 is 11.6 Å². The van der Waals surface area contributed by atoms with Gasteiger partial charge in [0, 0.05) is 16.3 Å². The van der Waals surface area contributed by atoms with Gasteiger partial charge in [0.2, 0.25) is 0 Å². The Morgan fingerprint density at radius 3 is 2.53 bits per heavy atom. The third-order valence-electron chi connectivity index (χ3n) is 3.36. The van der Waals surface area contributed by atoms with E-state index in [2.05, 4.69) is 5.32 Å². The summed E-state index contributed by atoms with van der Waals surface area (Å²) >= 11 is 5.84. The van der Waals surface area contributed by atoms with Gasteiger partial charge < -0.3 is 16.2 Å². The van der Waals surface area contributed by atoms with E-state index in [-0.39, 0.29) is 12.3 Å². The van der Waals surface area contributed by atoms with Crippen molar-refractivity contribution in [2.45, 2.75) is 31.2 Å². The fourth-order valence-electron chi connectivity index (χ4n) is 2.30. The molecule has 1 saturated carbocycles. The molecule has 4 N–H and O–H groups in total. The van der Waals surface area contributed by atoms with E-state index in [4.69, 9.17) is 22.4 Å². The van der Waals surface area contributed by atoms with Gasteiger partial charge in [-0.1, -0.05) is 11.6 Å². The lowest BCUT2D eigenvalue weighted by molar-refractivity contribution is -0.139. The van der Waals surface area contributed by atoms with Crippen molar-refractivity contribution in [3.63, 3.8) is 0 Å². The quantitative estimate of drug-likeness (QED) is 0.737. The van der Waals surface area contributed by atoms with Gasteiger partial charge in [-0.15, -0.1) is 0 Å². The Morgan fingerprint density at radius 1 is 1.37 bits per heavy atom. The average Bonchev–Trinajstić information content (AvgIpc) is 2.23. The molecule has 1 fully saturated rings. The van der Waals surface area contributed by atoms with Gasteiger partial charge in [-0.25, -0.2) is 0 Å². The highest BCUT2D eigenvalue weighted by Crippen LogP contribution is 2.35. The number of nitrogens with two attached hydrogens (primary N) is 1. The Labute approximate surface area is 115 Å². The maximum absolute atomic E-state index is 12.1. The molecule has 0 atom stereocenters. The number of aliphatic carboxylic acids is 1. The Morgan fingerprint density at radius 2 is 2.05 bits per heavy atom. The number of hydrogen-bond donors (Lipinski definition) is 3. The van der Waals surface area contributed by atoms with E-state index < -0.39 is 11.5 Å². The molecule has 19 heavy (non-hydrogen) atoms. The summed E-state index contributed by atoms with van der Waals surface area (Å²) in [6.45, 7) is 0. The number of amides is 1. The number of carboxylic acids is 1. The van der Waals surface area contributed by atoms with E-state index in [0.717, 1.165) is 6.42 Å². The van der Waals surface area contributed by atoms with Crippen LogP contribution in [0.5, 0.6) is 0 Å². The number of benzene rings is 1. The highest BCUT2D eigenvalue weighted by atomic mass is 35.5. The zero-order chi connectivity index (χ0) is 14.0. The van der Waals surface area contributed by atoms with Crippen LogP contribution in [0.4, 0.5) is 5.69 Å². The van der Waals surface area contributed by atoms with Crippen LogP contribution in [0.15, 0.2) is 18.2 Å². The monoisotopic (exact) mass is 282 g/mol. The number of carboxylic acid groups (broad SMARTS) is 1. The smallest absolute Gasteiger partial charge is 0.305 e. The van der Waals surface area contributed by atoms with E-state index in [1.54, 1.807) is 6.07 Å². The lowest BCUT2D eigenvalue weighted by Crippen LogP contribution is -2.54. The molecule has 0 aromatic heterocycles. The van der Waals surface area contributed by atoms with Crippen molar-refractivity contribution >= 4 is 29.2 Å². The van der Waals surface area contributed by atoms with E-state index in [0.29, 0.717) is 29.1 Å². The Kier molecular flexibility index (Phi) is 3.66. The maximum Gasteiger partial charge on any atom is 0.305 e. The standard InChI is InChI=1S/C13H15ClN2O3/c14-9-4-8(5-10(15)6-9)12(19)16-13(2-1-3-13)7-11(17)18/h4-6H,1-3,7,15H2,(H,16,19)(H,17,18). The summed E-state index contributed by atoms with van der Waals surface area (Å²) in [5, 5.41) is 12.1. The minimum absolute atomic E-state index is 0.0607. The fraction of sp³-hybridized carbons (Fsp3) is 0.385. The minimum Gasteiger partial charge on any atom is -0.481 e. The van der Waals surface area contributed by atoms with Crippen molar-refractivity contribution in [2.24, 2.45) is 0 Å². The number of carbonyl (C=O) groups excluding carboxylic acids is 1. The molecule has 0 spiro atoms. The number of carbonyl (C=O) groups is 2. The molecule has 0 saturated heterocycles. The molecular weight excluding hydrogens is 268 g/mol. The summed E-state index contributed by atoms with van der Waals surface area (Å²) in [5.74, 6) is -1.25. The van der Waals surface area contributed by atoms with Crippen molar-refractivity contribution in [3.8, 4) is 0 Å². The van der Waals surface area contributed by atoms with Gasteiger partial charge in [0.05, 0.1) is 12.0 Å². The lowest BCUT2D eigenvalue weighted by atomic mass is 9.74. The first-order chi connectivity index (χ1) is 8.90. The zero-order valence-corrected chi connectivity index (χ0v) is 11.0. The molecule has 6 heteroatoms. The van der Waals surface area contributed by atoms with Crippen LogP contribution in [0.3, 0.4) is 0 Å². The topological polar surface area (TPSA) is 92.4 Å². The Hall–Kier alpha value is -1.75. The predicted molar refractivity (Wildman–Crippen MR) is 72.2 cm³/mol. The number of hydrogen-bond acceptors (Lipinski definition) is 3. The van der Waals surface area contributed by atoms with Crippen LogP contribution in [0.25, 0.3) is 0 Å². The van der Waals surface area contributed by atoms with Crippen molar-refractivity contribution in [1.82, 2.24) is 5.32 Å². The van der Waals surface area contributed by atoms with Crippen LogP contribution in [0.2, 0.25) is 5.02 Å². The minimum atomic E-state index is -0.911. The van der Waals surface area contributed by atoms with Crippen LogP contribution in [-0.2, 0) is 4.79 Å². The molecule has 1 aliphatic rings. The number of anilines is 1. The molecular formula is C13H15ClN2O3. The summed E-state index contributed by atoms with van der Waals surface area (Å²) in [6, 6.07) is 4.59. The molecule has 0 radical (unpaired) electrons. The molecule has 0 aliphatic heterocycles. The van der Waals surface area contributed by atoms with E-state index >= 15 is 0 Å². The van der Waals surface area contributed by atoms with Gasteiger partial charge in [0.25, 0.3) is 5.91 Å². The molecule has 5 nitrogen and oxygen atoms in total. The molecule has 1 aromatic carbocycles. The van der Waals surface area contributed by atoms with Gasteiger partial charge in [0.1, 0.15) is 0 Å². The van der Waals surface area contributed by atoms with Gasteiger partial charge in [0.15, 0.2) is 0 Å². The summed E-state index contributed by atoms with van der Waals surface area (Å²) in [5.41, 5.74) is 5.75. The summed E-state index contributed by atoms with van der Waals surface area (Å²) in [6.07, 6.45) is 2.22. The van der Waals surface area contributed by atoms with Gasteiger partial charge in [-0.05, 0) is 37.5 Å². The van der Waals surface area contributed by atoms with Crippen LogP contribution < -0.4 is 11.1 Å². The zero-order valence-electron chi connectivity index (χ0n) is 10.3. The maximum atomic E-state index is 12.1. The summed E-state index contributed by atoms with van der Waals surface area (Å²) < 4.78 is 0. The first kappa shape index (κ1) is 13.7. The van der Waals surface area contributed by atoms with Crippen LogP contribution in [0, 0.1) is 0 Å². The summed E-state index contributed by atoms with van der Waals surface area (Å²) in [4.78, 5) is 23.0. The van der Waals surface area contributed by atoms with Crippen molar-refractivity contribution in [2.75, 3.05) is 5.73 Å². The van der Waals surface area contributed by atoms with Crippen molar-refractivity contribution in [1.29, 1.82) is 0 Å². The van der Waals surface area contributed by atoms with Gasteiger partial charge >= 0.3 is 5.97 Å². The van der Waals surface area contributed by atoms with E-state index in [1.165, 1.54) is 12.1 Å². The average molecular weight is 283 g/mol. The van der Waals surface area contributed by atoms with Gasteiger partial charge in [-0.3, -0.25) is 9.59 Å². The second-order valence-corrected chi connectivity index (χ2v) is 5.37. The SMILES string of the molecule is Nc1cc(Cl)cc(C(=O)NC2(CC(=O)O)CCC2)c1. The lowest BCUT2D eigenvalue weighted by Gasteiger charge is -2.41. The van der Waals surface area contributed by atoms with E-state index in [9.17, 15) is 9.59 Å². The predicted octanol–water partition coefficient (Wildman–Crippen LogP) is 2.05. The van der Waals surface area contributed by atoms with Crippen LogP contribution in [0.1, 0.15) is 36.0 Å². The molecule has 0 unspecified atom stereocenters. The number of nitrogen functional groups attached to an aromatic ring is 1. The first-order valence-electron chi connectivity index (χ1n) is 6.01. The summed E-state index contributed by atoms with van der Waals surface area (Å²) in [7, 11) is 0. The Balaban J connectivity index is 2.13. The second kappa shape index (κ2) is 5.09. The third-order valence-corrected chi connectivity index (χ3v) is 3.58. The van der Waals surface area contributed by atoms with Crippen molar-refractivity contribution in [3.05, 3.63) is 28.8 Å². The largest absolute Gasteiger partial charge is 0.481 e. The first-order valence-corrected chi connectivity index (χ1v) is 6.38. The molecule has 1 aliphatic carbocycles. The van der Waals surface area contributed by atoms with Crippen LogP contribution in [-0.4, -0.2) is 22.5 Å². The highest BCUT2D eigenvalue weighted by molar-refractivity contribution is 6.31. The molecule has 1 aromatic rings. The third kappa shape index (κ3) is 3.17. The normalized spacial score (nSPS) is 16.5. The fourth-order valence-corrected chi connectivity index (χ4v) is 2.54. The van der Waals surface area contributed by atoms with Crippen molar-refractivity contribution < 1.29 is 14.7 Å². The molecule has 102 valence electrons. The van der Waals surface area contributed by atoms with E-state index in [1.807, 2.05) is 0 Å². The Bertz CT molecular complexity index is 506. The molecule has 2 rings (SSSR count). The number of halogens is 1. The molecule has 0 heterocycles. The molecule has 0 bridgehead atoms. The highest BCUT2D eigenvalue weighted by Gasteiger charge is 2.40. The second-order valence-electron chi connectivity index (χ2n) is 4.93.